The number of carbonyl (C=O) groups is 1. The van der Waals surface area contributed by atoms with Gasteiger partial charge in [-0.15, -0.1) is 11.3 Å². The fourth-order valence-corrected chi connectivity index (χ4v) is 2.36. The zero-order valence-electron chi connectivity index (χ0n) is 9.96. The Hall–Kier alpha value is -0.620. The van der Waals surface area contributed by atoms with E-state index in [1.165, 1.54) is 11.3 Å². The fourth-order valence-electron chi connectivity index (χ4n) is 1.30. The predicted octanol–water partition coefficient (Wildman–Crippen LogP) is 1.81. The van der Waals surface area contributed by atoms with Gasteiger partial charge in [0.05, 0.1) is 23.5 Å². The van der Waals surface area contributed by atoms with E-state index in [2.05, 4.69) is 10.6 Å². The number of ether oxygens (including phenoxy) is 1. The van der Waals surface area contributed by atoms with Crippen LogP contribution in [-0.4, -0.2) is 32.7 Å². The first-order chi connectivity index (χ1) is 8.13. The Morgan fingerprint density at radius 1 is 1.59 bits per heavy atom. The first kappa shape index (κ1) is 14.4. The average Bonchev–Trinajstić information content (AvgIpc) is 2.71. The molecule has 1 aromatic heterocycles. The van der Waals surface area contributed by atoms with E-state index in [0.29, 0.717) is 19.7 Å². The Labute approximate surface area is 110 Å². The summed E-state index contributed by atoms with van der Waals surface area (Å²) in [6.45, 7) is 3.51. The molecule has 0 aliphatic carbocycles. The topological polar surface area (TPSA) is 50.4 Å². The first-order valence-corrected chi connectivity index (χ1v) is 6.57. The Bertz CT molecular complexity index is 357. The molecule has 0 saturated carbocycles. The van der Waals surface area contributed by atoms with Crippen molar-refractivity contribution in [1.82, 2.24) is 10.6 Å². The number of methoxy groups -OCH3 is 1. The molecule has 0 aliphatic heterocycles. The van der Waals surface area contributed by atoms with Gasteiger partial charge >= 0.3 is 0 Å². The highest BCUT2D eigenvalue weighted by molar-refractivity contribution is 7.16. The standard InChI is InChI=1S/C11H17ClN2O2S/c1-8(9-3-4-10(12)17-9)14-11(15)7-13-5-6-16-2/h3-4,8,13H,5-7H2,1-2H3,(H,14,15). The van der Waals surface area contributed by atoms with Crippen LogP contribution in [0.4, 0.5) is 0 Å². The van der Waals surface area contributed by atoms with Crippen LogP contribution in [0.25, 0.3) is 0 Å². The van der Waals surface area contributed by atoms with E-state index in [4.69, 9.17) is 16.3 Å². The lowest BCUT2D eigenvalue weighted by Gasteiger charge is -2.12. The summed E-state index contributed by atoms with van der Waals surface area (Å²) in [4.78, 5) is 12.6. The maximum atomic E-state index is 11.6. The van der Waals surface area contributed by atoms with Crippen LogP contribution in [0.3, 0.4) is 0 Å². The Kier molecular flexibility index (Phi) is 6.50. The van der Waals surface area contributed by atoms with E-state index in [-0.39, 0.29) is 11.9 Å². The number of hydrogen-bond acceptors (Lipinski definition) is 4. The molecule has 1 atom stereocenters. The van der Waals surface area contributed by atoms with E-state index in [1.807, 2.05) is 19.1 Å². The van der Waals surface area contributed by atoms with E-state index >= 15 is 0 Å². The minimum absolute atomic E-state index is 0.00998. The molecule has 17 heavy (non-hydrogen) atoms. The molecule has 1 aromatic rings. The summed E-state index contributed by atoms with van der Waals surface area (Å²) in [7, 11) is 1.63. The van der Waals surface area contributed by atoms with Crippen molar-refractivity contribution in [3.05, 3.63) is 21.3 Å². The zero-order valence-corrected chi connectivity index (χ0v) is 11.5. The highest BCUT2D eigenvalue weighted by atomic mass is 35.5. The second-order valence-electron chi connectivity index (χ2n) is 3.60. The van der Waals surface area contributed by atoms with Gasteiger partial charge in [-0.05, 0) is 19.1 Å². The second-order valence-corrected chi connectivity index (χ2v) is 5.35. The molecule has 0 fully saturated rings. The molecule has 0 aliphatic rings. The summed E-state index contributed by atoms with van der Waals surface area (Å²) >= 11 is 7.32. The molecule has 2 N–H and O–H groups in total. The second kappa shape index (κ2) is 7.66. The molecule has 0 bridgehead atoms. The van der Waals surface area contributed by atoms with Gasteiger partial charge in [0.2, 0.25) is 5.91 Å². The number of hydrogen-bond donors (Lipinski definition) is 2. The molecule has 1 heterocycles. The van der Waals surface area contributed by atoms with Crippen LogP contribution in [0.1, 0.15) is 17.8 Å². The SMILES string of the molecule is COCCNCC(=O)NC(C)c1ccc(Cl)s1. The van der Waals surface area contributed by atoms with Crippen molar-refractivity contribution < 1.29 is 9.53 Å². The summed E-state index contributed by atoms with van der Waals surface area (Å²) in [6, 6.07) is 3.75. The van der Waals surface area contributed by atoms with Crippen molar-refractivity contribution in [1.29, 1.82) is 0 Å². The van der Waals surface area contributed by atoms with Crippen molar-refractivity contribution in [2.75, 3.05) is 26.8 Å². The molecule has 0 radical (unpaired) electrons. The van der Waals surface area contributed by atoms with Crippen molar-refractivity contribution in [2.24, 2.45) is 0 Å². The van der Waals surface area contributed by atoms with E-state index in [9.17, 15) is 4.79 Å². The lowest BCUT2D eigenvalue weighted by Crippen LogP contribution is -2.36. The van der Waals surface area contributed by atoms with Crippen LogP contribution in [0.2, 0.25) is 4.34 Å². The Morgan fingerprint density at radius 3 is 2.94 bits per heavy atom. The van der Waals surface area contributed by atoms with Crippen molar-refractivity contribution >= 4 is 28.8 Å². The fraction of sp³-hybridized carbons (Fsp3) is 0.545. The van der Waals surface area contributed by atoms with Gasteiger partial charge in [-0.3, -0.25) is 4.79 Å². The lowest BCUT2D eigenvalue weighted by atomic mass is 10.3. The maximum Gasteiger partial charge on any atom is 0.234 e. The van der Waals surface area contributed by atoms with Crippen molar-refractivity contribution in [3.8, 4) is 0 Å². The molecule has 96 valence electrons. The highest BCUT2D eigenvalue weighted by Gasteiger charge is 2.10. The summed E-state index contributed by atoms with van der Waals surface area (Å²) in [6.07, 6.45) is 0. The third kappa shape index (κ3) is 5.50. The lowest BCUT2D eigenvalue weighted by molar-refractivity contribution is -0.120. The van der Waals surface area contributed by atoms with Crippen LogP contribution in [0.15, 0.2) is 12.1 Å². The third-order valence-corrected chi connectivity index (χ3v) is 3.58. The first-order valence-electron chi connectivity index (χ1n) is 5.37. The predicted molar refractivity (Wildman–Crippen MR) is 70.6 cm³/mol. The van der Waals surface area contributed by atoms with Crippen LogP contribution < -0.4 is 10.6 Å². The third-order valence-electron chi connectivity index (χ3n) is 2.17. The maximum absolute atomic E-state index is 11.6. The van der Waals surface area contributed by atoms with Gasteiger partial charge in [-0.25, -0.2) is 0 Å². The van der Waals surface area contributed by atoms with Gasteiger partial charge in [0.25, 0.3) is 0 Å². The molecule has 1 unspecified atom stereocenters. The number of nitrogens with one attached hydrogen (secondary N) is 2. The molecule has 1 rings (SSSR count). The van der Waals surface area contributed by atoms with Crippen molar-refractivity contribution in [2.45, 2.75) is 13.0 Å². The van der Waals surface area contributed by atoms with Crippen LogP contribution in [-0.2, 0) is 9.53 Å². The number of halogens is 1. The molecule has 6 heteroatoms. The van der Waals surface area contributed by atoms with Crippen molar-refractivity contribution in [3.63, 3.8) is 0 Å². The summed E-state index contributed by atoms with van der Waals surface area (Å²) in [5.41, 5.74) is 0. The molecule has 4 nitrogen and oxygen atoms in total. The zero-order chi connectivity index (χ0) is 12.7. The van der Waals surface area contributed by atoms with Gasteiger partial charge in [0.15, 0.2) is 0 Å². The molecular weight excluding hydrogens is 260 g/mol. The minimum atomic E-state index is -0.0295. The average molecular weight is 277 g/mol. The summed E-state index contributed by atoms with van der Waals surface area (Å²) in [5.74, 6) is -0.0295. The highest BCUT2D eigenvalue weighted by Crippen LogP contribution is 2.26. The largest absolute Gasteiger partial charge is 0.383 e. The van der Waals surface area contributed by atoms with Crippen LogP contribution in [0, 0.1) is 0 Å². The molecule has 1 amide bonds. The number of carbonyl (C=O) groups excluding carboxylic acids is 1. The summed E-state index contributed by atoms with van der Waals surface area (Å²) < 4.78 is 5.61. The molecular formula is C11H17ClN2O2S. The van der Waals surface area contributed by atoms with E-state index in [0.717, 1.165) is 9.21 Å². The van der Waals surface area contributed by atoms with Gasteiger partial charge in [0, 0.05) is 18.5 Å². The molecule has 0 spiro atoms. The number of amides is 1. The Morgan fingerprint density at radius 2 is 2.35 bits per heavy atom. The van der Waals surface area contributed by atoms with E-state index in [1.54, 1.807) is 7.11 Å². The molecule has 0 saturated heterocycles. The number of thiophene rings is 1. The van der Waals surface area contributed by atoms with Gasteiger partial charge < -0.3 is 15.4 Å². The monoisotopic (exact) mass is 276 g/mol. The van der Waals surface area contributed by atoms with Gasteiger partial charge in [-0.1, -0.05) is 11.6 Å². The number of rotatable bonds is 7. The quantitative estimate of drug-likeness (QED) is 0.747. The molecule has 0 aromatic carbocycles. The van der Waals surface area contributed by atoms with Crippen LogP contribution >= 0.6 is 22.9 Å². The normalized spacial score (nSPS) is 12.4. The van der Waals surface area contributed by atoms with Gasteiger partial charge in [0.1, 0.15) is 0 Å². The summed E-state index contributed by atoms with van der Waals surface area (Å²) in [5, 5.41) is 5.88. The minimum Gasteiger partial charge on any atom is -0.383 e. The Balaban J connectivity index is 2.26. The van der Waals surface area contributed by atoms with Crippen LogP contribution in [0.5, 0.6) is 0 Å². The smallest absolute Gasteiger partial charge is 0.234 e. The van der Waals surface area contributed by atoms with Gasteiger partial charge in [-0.2, -0.15) is 0 Å². The van der Waals surface area contributed by atoms with E-state index < -0.39 is 0 Å².